The highest BCUT2D eigenvalue weighted by Gasteiger charge is 2.25. The molecule has 4 rings (SSSR count). The van der Waals surface area contributed by atoms with Crippen LogP contribution >= 0.6 is 0 Å². The van der Waals surface area contributed by atoms with Crippen molar-refractivity contribution in [2.24, 2.45) is 0 Å². The van der Waals surface area contributed by atoms with E-state index in [1.165, 1.54) is 12.7 Å². The van der Waals surface area contributed by atoms with Crippen molar-refractivity contribution in [3.8, 4) is 5.75 Å². The van der Waals surface area contributed by atoms with Crippen LogP contribution in [0.5, 0.6) is 5.75 Å². The molecule has 7 nitrogen and oxygen atoms in total. The van der Waals surface area contributed by atoms with Gasteiger partial charge in [0.25, 0.3) is 5.91 Å². The molecule has 0 bridgehead atoms. The van der Waals surface area contributed by atoms with Crippen molar-refractivity contribution < 1.29 is 23.9 Å². The van der Waals surface area contributed by atoms with Crippen LogP contribution < -0.4 is 10.1 Å². The lowest BCUT2D eigenvalue weighted by atomic mass is 9.89. The number of amides is 2. The van der Waals surface area contributed by atoms with E-state index in [9.17, 15) is 14.4 Å². The second-order valence-corrected chi connectivity index (χ2v) is 9.75. The molecule has 7 heteroatoms. The molecule has 0 saturated carbocycles. The molecule has 0 aliphatic carbocycles. The maximum atomic E-state index is 13.1. The normalized spacial score (nSPS) is 13.6. The number of esters is 1. The number of ether oxygens (including phenoxy) is 2. The zero-order valence-corrected chi connectivity index (χ0v) is 22.4. The van der Waals surface area contributed by atoms with Crippen LogP contribution in [0.15, 0.2) is 60.7 Å². The van der Waals surface area contributed by atoms with Crippen molar-refractivity contribution in [2.75, 3.05) is 32.6 Å². The van der Waals surface area contributed by atoms with E-state index < -0.39 is 5.97 Å². The van der Waals surface area contributed by atoms with E-state index in [2.05, 4.69) is 17.4 Å². The third-order valence-electron chi connectivity index (χ3n) is 7.10. The van der Waals surface area contributed by atoms with E-state index in [4.69, 9.17) is 9.47 Å². The Labute approximate surface area is 223 Å². The summed E-state index contributed by atoms with van der Waals surface area (Å²) < 4.78 is 10.1. The lowest BCUT2D eigenvalue weighted by molar-refractivity contribution is -0.115. The van der Waals surface area contributed by atoms with Crippen LogP contribution in [0.1, 0.15) is 61.7 Å². The summed E-state index contributed by atoms with van der Waals surface area (Å²) in [6.45, 7) is 5.34. The highest BCUT2D eigenvalue weighted by atomic mass is 16.5. The number of hydrogen-bond acceptors (Lipinski definition) is 5. The van der Waals surface area contributed by atoms with Gasteiger partial charge in [0.05, 0.1) is 26.2 Å². The second kappa shape index (κ2) is 11.9. The summed E-state index contributed by atoms with van der Waals surface area (Å²) >= 11 is 0. The Morgan fingerprint density at radius 3 is 2.03 bits per heavy atom. The number of anilines is 1. The number of likely N-dealkylation sites (tertiary alicyclic amines) is 1. The summed E-state index contributed by atoms with van der Waals surface area (Å²) in [6.07, 6.45) is 2.00. The summed E-state index contributed by atoms with van der Waals surface area (Å²) in [5, 5.41) is 2.93. The van der Waals surface area contributed by atoms with Crippen molar-refractivity contribution in [3.05, 3.63) is 94.0 Å². The van der Waals surface area contributed by atoms with Crippen molar-refractivity contribution in [3.63, 3.8) is 0 Å². The first-order valence-corrected chi connectivity index (χ1v) is 12.8. The monoisotopic (exact) mass is 514 g/mol. The Morgan fingerprint density at radius 2 is 1.47 bits per heavy atom. The van der Waals surface area contributed by atoms with Crippen LogP contribution in [0, 0.1) is 13.8 Å². The minimum atomic E-state index is -0.402. The number of carbonyl (C=O) groups is 3. The predicted molar refractivity (Wildman–Crippen MR) is 147 cm³/mol. The third-order valence-corrected chi connectivity index (χ3v) is 7.10. The minimum Gasteiger partial charge on any atom is -0.496 e. The topological polar surface area (TPSA) is 84.9 Å². The lowest BCUT2D eigenvalue weighted by Gasteiger charge is -2.32. The summed E-state index contributed by atoms with van der Waals surface area (Å²) in [5.41, 5.74) is 5.86. The summed E-state index contributed by atoms with van der Waals surface area (Å²) in [7, 11) is 2.99. The molecule has 1 aliphatic rings. The van der Waals surface area contributed by atoms with E-state index >= 15 is 0 Å². The molecule has 0 unspecified atom stereocenters. The van der Waals surface area contributed by atoms with Gasteiger partial charge in [-0.2, -0.15) is 0 Å². The van der Waals surface area contributed by atoms with Crippen LogP contribution in [0.25, 0.3) is 0 Å². The molecule has 1 heterocycles. The Morgan fingerprint density at radius 1 is 0.868 bits per heavy atom. The van der Waals surface area contributed by atoms with Gasteiger partial charge in [0, 0.05) is 24.3 Å². The van der Waals surface area contributed by atoms with Gasteiger partial charge in [0.2, 0.25) is 5.91 Å². The smallest absolute Gasteiger partial charge is 0.337 e. The zero-order chi connectivity index (χ0) is 27.2. The average Bonchev–Trinajstić information content (AvgIpc) is 2.93. The summed E-state index contributed by atoms with van der Waals surface area (Å²) in [5.74, 6) is 0.737. The first-order valence-electron chi connectivity index (χ1n) is 12.8. The van der Waals surface area contributed by atoms with Gasteiger partial charge in [-0.3, -0.25) is 9.59 Å². The third kappa shape index (κ3) is 6.22. The van der Waals surface area contributed by atoms with Gasteiger partial charge in [-0.1, -0.05) is 24.3 Å². The average molecular weight is 515 g/mol. The largest absolute Gasteiger partial charge is 0.496 e. The lowest BCUT2D eigenvalue weighted by Crippen LogP contribution is -2.38. The number of nitrogens with zero attached hydrogens (tertiary/aromatic N) is 1. The fraction of sp³-hybridized carbons (Fsp3) is 0.323. The Balaban J connectivity index is 1.29. The second-order valence-electron chi connectivity index (χ2n) is 9.75. The van der Waals surface area contributed by atoms with Gasteiger partial charge in [0.1, 0.15) is 5.75 Å². The molecular weight excluding hydrogens is 480 g/mol. The SMILES string of the molecule is COC(=O)c1ccc(CC(=O)Nc2ccc(C3CCN(C(=O)c4cc(C)c(OC)c(C)c4)CC3)cc2)cc1. The van der Waals surface area contributed by atoms with E-state index in [1.54, 1.807) is 31.4 Å². The van der Waals surface area contributed by atoms with Gasteiger partial charge in [-0.25, -0.2) is 4.79 Å². The standard InChI is InChI=1S/C31H34N2O5/c1-20-17-26(18-21(2)29(20)37-3)30(35)33-15-13-24(14-16-33)23-9-11-27(12-10-23)32-28(34)19-22-5-7-25(8-6-22)31(36)38-4/h5-12,17-18,24H,13-16,19H2,1-4H3,(H,32,34). The molecule has 3 aromatic carbocycles. The summed E-state index contributed by atoms with van der Waals surface area (Å²) in [6, 6.07) is 18.6. The number of benzene rings is 3. The fourth-order valence-electron chi connectivity index (χ4n) is 5.10. The molecule has 1 fully saturated rings. The van der Waals surface area contributed by atoms with Crippen LogP contribution in [-0.4, -0.2) is 50.0 Å². The van der Waals surface area contributed by atoms with E-state index in [0.717, 1.165) is 41.0 Å². The van der Waals surface area contributed by atoms with E-state index in [0.29, 0.717) is 30.1 Å². The van der Waals surface area contributed by atoms with Gasteiger partial charge in [0.15, 0.2) is 0 Å². The predicted octanol–water partition coefficient (Wildman–Crippen LogP) is 5.30. The molecule has 1 N–H and O–H groups in total. The minimum absolute atomic E-state index is 0.0651. The molecule has 1 saturated heterocycles. The van der Waals surface area contributed by atoms with Crippen molar-refractivity contribution in [1.82, 2.24) is 4.90 Å². The zero-order valence-electron chi connectivity index (χ0n) is 22.4. The first-order chi connectivity index (χ1) is 18.3. The van der Waals surface area contributed by atoms with Crippen LogP contribution in [-0.2, 0) is 16.0 Å². The van der Waals surface area contributed by atoms with Gasteiger partial charge >= 0.3 is 5.97 Å². The van der Waals surface area contributed by atoms with E-state index in [-0.39, 0.29) is 18.2 Å². The Bertz CT molecular complexity index is 1280. The maximum Gasteiger partial charge on any atom is 0.337 e. The Kier molecular flexibility index (Phi) is 8.46. The van der Waals surface area contributed by atoms with Crippen LogP contribution in [0.2, 0.25) is 0 Å². The number of rotatable bonds is 7. The number of carbonyl (C=O) groups excluding carboxylic acids is 3. The molecule has 0 aromatic heterocycles. The fourth-order valence-corrected chi connectivity index (χ4v) is 5.10. The molecule has 0 radical (unpaired) electrons. The maximum absolute atomic E-state index is 13.1. The Hall–Kier alpha value is -4.13. The number of methoxy groups -OCH3 is 2. The molecule has 0 atom stereocenters. The van der Waals surface area contributed by atoms with Crippen molar-refractivity contribution in [1.29, 1.82) is 0 Å². The molecule has 3 aromatic rings. The van der Waals surface area contributed by atoms with Crippen molar-refractivity contribution >= 4 is 23.5 Å². The summed E-state index contributed by atoms with van der Waals surface area (Å²) in [4.78, 5) is 39.1. The van der Waals surface area contributed by atoms with Gasteiger partial charge in [-0.15, -0.1) is 0 Å². The van der Waals surface area contributed by atoms with Gasteiger partial charge < -0.3 is 19.7 Å². The quantitative estimate of drug-likeness (QED) is 0.433. The van der Waals surface area contributed by atoms with Gasteiger partial charge in [-0.05, 0) is 91.3 Å². The molecule has 198 valence electrons. The molecule has 0 spiro atoms. The number of aryl methyl sites for hydroxylation is 2. The van der Waals surface area contributed by atoms with Crippen LogP contribution in [0.4, 0.5) is 5.69 Å². The van der Waals surface area contributed by atoms with Crippen molar-refractivity contribution in [2.45, 2.75) is 39.0 Å². The molecular formula is C31H34N2O5. The molecule has 38 heavy (non-hydrogen) atoms. The molecule has 1 aliphatic heterocycles. The number of nitrogens with one attached hydrogen (secondary N) is 1. The number of piperidine rings is 1. The van der Waals surface area contributed by atoms with E-state index in [1.807, 2.05) is 43.0 Å². The molecule has 2 amide bonds. The highest BCUT2D eigenvalue weighted by molar-refractivity contribution is 5.95. The highest BCUT2D eigenvalue weighted by Crippen LogP contribution is 2.31. The van der Waals surface area contributed by atoms with Crippen LogP contribution in [0.3, 0.4) is 0 Å². The first kappa shape index (κ1) is 26.9. The number of hydrogen-bond donors (Lipinski definition) is 1.